The van der Waals surface area contributed by atoms with Gasteiger partial charge in [0.2, 0.25) is 21.8 Å². The smallest absolute Gasteiger partial charge is 0.244 e. The molecular formula is C27H35Cl2N3O6S. The van der Waals surface area contributed by atoms with E-state index in [-0.39, 0.29) is 29.9 Å². The highest BCUT2D eigenvalue weighted by atomic mass is 35.5. The number of carbonyl (C=O) groups excluding carboxylic acids is 2. The van der Waals surface area contributed by atoms with Crippen LogP contribution in [0.3, 0.4) is 0 Å². The number of nitrogens with one attached hydrogen (secondary N) is 1. The summed E-state index contributed by atoms with van der Waals surface area (Å²) in [6.07, 6.45) is 5.21. The molecule has 2 aromatic rings. The van der Waals surface area contributed by atoms with Crippen molar-refractivity contribution in [3.63, 3.8) is 0 Å². The van der Waals surface area contributed by atoms with Crippen molar-refractivity contribution in [2.45, 2.75) is 57.7 Å². The van der Waals surface area contributed by atoms with Crippen LogP contribution in [0.4, 0.5) is 5.69 Å². The van der Waals surface area contributed by atoms with Crippen LogP contribution in [-0.4, -0.2) is 64.2 Å². The van der Waals surface area contributed by atoms with E-state index in [1.54, 1.807) is 24.3 Å². The third-order valence-corrected chi connectivity index (χ3v) is 8.62. The van der Waals surface area contributed by atoms with Crippen LogP contribution in [0.5, 0.6) is 11.5 Å². The fourth-order valence-electron chi connectivity index (χ4n) is 4.71. The second-order valence-electron chi connectivity index (χ2n) is 9.49. The van der Waals surface area contributed by atoms with Crippen LogP contribution in [0.25, 0.3) is 0 Å². The zero-order chi connectivity index (χ0) is 28.7. The van der Waals surface area contributed by atoms with E-state index in [0.29, 0.717) is 27.8 Å². The van der Waals surface area contributed by atoms with E-state index in [9.17, 15) is 18.0 Å². The highest BCUT2D eigenvalue weighted by molar-refractivity contribution is 7.92. The summed E-state index contributed by atoms with van der Waals surface area (Å²) >= 11 is 12.3. The largest absolute Gasteiger partial charge is 0.497 e. The lowest BCUT2D eigenvalue weighted by molar-refractivity contribution is -0.140. The van der Waals surface area contributed by atoms with Crippen LogP contribution < -0.4 is 19.1 Å². The maximum Gasteiger partial charge on any atom is 0.244 e. The quantitative estimate of drug-likeness (QED) is 0.381. The van der Waals surface area contributed by atoms with Gasteiger partial charge < -0.3 is 19.7 Å². The van der Waals surface area contributed by atoms with Gasteiger partial charge in [-0.1, -0.05) is 49.0 Å². The average molecular weight is 601 g/mol. The number of sulfonamides is 1. The first kappa shape index (κ1) is 30.8. The number of methoxy groups -OCH3 is 2. The number of carbonyl (C=O) groups is 2. The van der Waals surface area contributed by atoms with Crippen LogP contribution in [0.2, 0.25) is 10.0 Å². The Balaban J connectivity index is 1.98. The van der Waals surface area contributed by atoms with Gasteiger partial charge in [-0.15, -0.1) is 0 Å². The first-order valence-electron chi connectivity index (χ1n) is 12.7. The standard InChI is InChI=1S/C27H35Cl2N3O6S/c1-5-23(27(34)30-19-8-6-7-9-19)31(16-18-10-12-21(28)22(29)14-18)26(33)17-32(39(4,35)36)24-13-11-20(37-2)15-25(24)38-3/h10-15,19,23H,5-9,16-17H2,1-4H3,(H,30,34). The van der Waals surface area contributed by atoms with Crippen molar-refractivity contribution in [2.24, 2.45) is 0 Å². The number of hydrogen-bond donors (Lipinski definition) is 1. The number of nitrogens with zero attached hydrogens (tertiary/aromatic N) is 2. The van der Waals surface area contributed by atoms with Crippen LogP contribution in [-0.2, 0) is 26.2 Å². The molecule has 9 nitrogen and oxygen atoms in total. The first-order chi connectivity index (χ1) is 18.5. The Hall–Kier alpha value is -2.69. The highest BCUT2D eigenvalue weighted by Gasteiger charge is 2.33. The Morgan fingerprint density at radius 3 is 2.31 bits per heavy atom. The number of benzene rings is 2. The molecule has 1 N–H and O–H groups in total. The predicted octanol–water partition coefficient (Wildman–Crippen LogP) is 4.64. The molecule has 1 saturated carbocycles. The summed E-state index contributed by atoms with van der Waals surface area (Å²) in [7, 11) is -1.05. The number of halogens is 2. The zero-order valence-corrected chi connectivity index (χ0v) is 24.9. The summed E-state index contributed by atoms with van der Waals surface area (Å²) in [6.45, 7) is 1.30. The van der Waals surface area contributed by atoms with Gasteiger partial charge >= 0.3 is 0 Å². The van der Waals surface area contributed by atoms with E-state index in [0.717, 1.165) is 36.2 Å². The summed E-state index contributed by atoms with van der Waals surface area (Å²) in [5, 5.41) is 3.74. The molecule has 0 aliphatic heterocycles. The Kier molecular flexibility index (Phi) is 10.7. The first-order valence-corrected chi connectivity index (χ1v) is 15.3. The third kappa shape index (κ3) is 7.93. The molecule has 3 rings (SSSR count). The molecule has 1 aliphatic rings. The van der Waals surface area contributed by atoms with E-state index in [4.69, 9.17) is 32.7 Å². The van der Waals surface area contributed by atoms with Crippen molar-refractivity contribution < 1.29 is 27.5 Å². The van der Waals surface area contributed by atoms with Gasteiger partial charge in [0.25, 0.3) is 0 Å². The van der Waals surface area contributed by atoms with Gasteiger partial charge in [0.05, 0.1) is 36.2 Å². The second-order valence-corrected chi connectivity index (χ2v) is 12.2. The van der Waals surface area contributed by atoms with Crippen molar-refractivity contribution in [2.75, 3.05) is 31.3 Å². The van der Waals surface area contributed by atoms with E-state index in [1.807, 2.05) is 6.92 Å². The number of hydrogen-bond acceptors (Lipinski definition) is 6. The Labute approximate surface area is 240 Å². The Bertz CT molecular complexity index is 1280. The molecule has 12 heteroatoms. The lowest BCUT2D eigenvalue weighted by Gasteiger charge is -2.33. The normalized spacial score (nSPS) is 14.5. The molecule has 1 aliphatic carbocycles. The van der Waals surface area contributed by atoms with Crippen LogP contribution >= 0.6 is 23.2 Å². The molecule has 0 saturated heterocycles. The molecule has 2 aromatic carbocycles. The summed E-state index contributed by atoms with van der Waals surface area (Å²) in [5.41, 5.74) is 0.824. The summed E-state index contributed by atoms with van der Waals surface area (Å²) in [4.78, 5) is 28.7. The molecular weight excluding hydrogens is 565 g/mol. The topological polar surface area (TPSA) is 105 Å². The minimum absolute atomic E-state index is 0.0314. The fourth-order valence-corrected chi connectivity index (χ4v) is 5.88. The van der Waals surface area contributed by atoms with Gasteiger partial charge in [-0.2, -0.15) is 0 Å². The van der Waals surface area contributed by atoms with Crippen LogP contribution in [0.15, 0.2) is 36.4 Å². The van der Waals surface area contributed by atoms with E-state index in [2.05, 4.69) is 5.32 Å². The maximum absolute atomic E-state index is 13.9. The zero-order valence-electron chi connectivity index (χ0n) is 22.6. The maximum atomic E-state index is 13.9. The van der Waals surface area contributed by atoms with Crippen molar-refractivity contribution >= 4 is 50.7 Å². The van der Waals surface area contributed by atoms with Crippen molar-refractivity contribution in [1.82, 2.24) is 10.2 Å². The molecule has 0 aromatic heterocycles. The molecule has 2 amide bonds. The van der Waals surface area contributed by atoms with Crippen LogP contribution in [0.1, 0.15) is 44.6 Å². The number of rotatable bonds is 12. The molecule has 1 unspecified atom stereocenters. The molecule has 0 heterocycles. The average Bonchev–Trinajstić information content (AvgIpc) is 3.41. The minimum atomic E-state index is -3.93. The van der Waals surface area contributed by atoms with E-state index in [1.165, 1.54) is 31.3 Å². The van der Waals surface area contributed by atoms with Gasteiger partial charge in [0.1, 0.15) is 24.1 Å². The van der Waals surface area contributed by atoms with Crippen molar-refractivity contribution in [3.05, 3.63) is 52.0 Å². The predicted molar refractivity (Wildman–Crippen MR) is 153 cm³/mol. The molecule has 1 atom stereocenters. The molecule has 0 radical (unpaired) electrons. The summed E-state index contributed by atoms with van der Waals surface area (Å²) < 4.78 is 37.4. The van der Waals surface area contributed by atoms with Gasteiger partial charge in [0, 0.05) is 18.7 Å². The SMILES string of the molecule is CCC(C(=O)NC1CCCC1)N(Cc1ccc(Cl)c(Cl)c1)C(=O)CN(c1ccc(OC)cc1OC)S(C)(=O)=O. The Morgan fingerprint density at radius 2 is 1.74 bits per heavy atom. The fraction of sp³-hybridized carbons (Fsp3) is 0.481. The van der Waals surface area contributed by atoms with Crippen LogP contribution in [0, 0.1) is 0 Å². The number of ether oxygens (including phenoxy) is 2. The summed E-state index contributed by atoms with van der Waals surface area (Å²) in [6, 6.07) is 8.83. The Morgan fingerprint density at radius 1 is 1.05 bits per heavy atom. The minimum Gasteiger partial charge on any atom is -0.497 e. The molecule has 0 spiro atoms. The molecule has 39 heavy (non-hydrogen) atoms. The molecule has 214 valence electrons. The van der Waals surface area contributed by atoms with Gasteiger partial charge in [-0.25, -0.2) is 8.42 Å². The second kappa shape index (κ2) is 13.6. The third-order valence-electron chi connectivity index (χ3n) is 6.76. The number of anilines is 1. The molecule has 0 bridgehead atoms. The monoisotopic (exact) mass is 599 g/mol. The van der Waals surface area contributed by atoms with Crippen molar-refractivity contribution in [3.8, 4) is 11.5 Å². The lowest BCUT2D eigenvalue weighted by atomic mass is 10.1. The lowest BCUT2D eigenvalue weighted by Crippen LogP contribution is -2.53. The van der Waals surface area contributed by atoms with E-state index >= 15 is 0 Å². The van der Waals surface area contributed by atoms with Gasteiger partial charge in [0.15, 0.2) is 0 Å². The number of amides is 2. The van der Waals surface area contributed by atoms with Crippen molar-refractivity contribution in [1.29, 1.82) is 0 Å². The van der Waals surface area contributed by atoms with Gasteiger partial charge in [-0.3, -0.25) is 13.9 Å². The molecule has 1 fully saturated rings. The highest BCUT2D eigenvalue weighted by Crippen LogP contribution is 2.34. The summed E-state index contributed by atoms with van der Waals surface area (Å²) in [5.74, 6) is -0.149. The van der Waals surface area contributed by atoms with E-state index < -0.39 is 28.5 Å². The van der Waals surface area contributed by atoms with Gasteiger partial charge in [-0.05, 0) is 49.1 Å².